The Morgan fingerprint density at radius 3 is 2.32 bits per heavy atom. The van der Waals surface area contributed by atoms with E-state index >= 15 is 0 Å². The first-order valence-electron chi connectivity index (χ1n) is 6.29. The third-order valence-corrected chi connectivity index (χ3v) is 4.37. The Bertz CT molecular complexity index is 800. The molecule has 4 nitrogen and oxygen atoms in total. The van der Waals surface area contributed by atoms with Gasteiger partial charge in [0.1, 0.15) is 5.01 Å². The SMILES string of the molecule is O=C(Nc1nnc(-c2ccccc2)s1)c1c(Cl)cccc1Cl. The second kappa shape index (κ2) is 6.44. The van der Waals surface area contributed by atoms with Crippen molar-refractivity contribution in [3.05, 3.63) is 64.1 Å². The number of hydrogen-bond donors (Lipinski definition) is 1. The Labute approximate surface area is 140 Å². The van der Waals surface area contributed by atoms with Gasteiger partial charge in [-0.15, -0.1) is 10.2 Å². The lowest BCUT2D eigenvalue weighted by atomic mass is 10.2. The van der Waals surface area contributed by atoms with Gasteiger partial charge in [0.15, 0.2) is 0 Å². The maximum absolute atomic E-state index is 12.3. The summed E-state index contributed by atoms with van der Waals surface area (Å²) < 4.78 is 0. The Hall–Kier alpha value is -1.95. The van der Waals surface area contributed by atoms with Crippen LogP contribution in [0, 0.1) is 0 Å². The zero-order chi connectivity index (χ0) is 15.5. The van der Waals surface area contributed by atoms with E-state index in [2.05, 4.69) is 15.5 Å². The number of aromatic nitrogens is 2. The molecule has 1 aromatic heterocycles. The monoisotopic (exact) mass is 349 g/mol. The molecular weight excluding hydrogens is 341 g/mol. The molecule has 0 saturated carbocycles. The zero-order valence-electron chi connectivity index (χ0n) is 11.1. The van der Waals surface area contributed by atoms with Crippen LogP contribution in [-0.4, -0.2) is 16.1 Å². The van der Waals surface area contributed by atoms with E-state index in [1.807, 2.05) is 30.3 Å². The van der Waals surface area contributed by atoms with Crippen LogP contribution in [0.15, 0.2) is 48.5 Å². The van der Waals surface area contributed by atoms with Crippen molar-refractivity contribution in [1.29, 1.82) is 0 Å². The van der Waals surface area contributed by atoms with Gasteiger partial charge in [0, 0.05) is 5.56 Å². The summed E-state index contributed by atoms with van der Waals surface area (Å²) in [4.78, 5) is 12.3. The van der Waals surface area contributed by atoms with E-state index in [1.165, 1.54) is 11.3 Å². The number of nitrogens with zero attached hydrogens (tertiary/aromatic N) is 2. The Morgan fingerprint density at radius 2 is 1.64 bits per heavy atom. The molecule has 2 aromatic carbocycles. The number of carbonyl (C=O) groups excluding carboxylic acids is 1. The van der Waals surface area contributed by atoms with Gasteiger partial charge in [0.05, 0.1) is 15.6 Å². The van der Waals surface area contributed by atoms with Crippen LogP contribution < -0.4 is 5.32 Å². The topological polar surface area (TPSA) is 54.9 Å². The van der Waals surface area contributed by atoms with Crippen molar-refractivity contribution < 1.29 is 4.79 Å². The molecule has 110 valence electrons. The summed E-state index contributed by atoms with van der Waals surface area (Å²) in [6, 6.07) is 14.5. The fourth-order valence-electron chi connectivity index (χ4n) is 1.85. The van der Waals surface area contributed by atoms with Crippen molar-refractivity contribution >= 4 is 45.6 Å². The fourth-order valence-corrected chi connectivity index (χ4v) is 3.16. The molecule has 0 unspecified atom stereocenters. The van der Waals surface area contributed by atoms with Crippen LogP contribution >= 0.6 is 34.5 Å². The summed E-state index contributed by atoms with van der Waals surface area (Å²) >= 11 is 13.3. The highest BCUT2D eigenvalue weighted by Crippen LogP contribution is 2.28. The average molecular weight is 350 g/mol. The standard InChI is InChI=1S/C15H9Cl2N3OS/c16-10-7-4-8-11(17)12(10)13(21)18-15-20-19-14(22-15)9-5-2-1-3-6-9/h1-8H,(H,18,20,21). The number of benzene rings is 2. The van der Waals surface area contributed by atoms with Crippen LogP contribution in [0.25, 0.3) is 10.6 Å². The van der Waals surface area contributed by atoms with E-state index < -0.39 is 5.91 Å². The molecule has 1 N–H and O–H groups in total. The highest BCUT2D eigenvalue weighted by atomic mass is 35.5. The predicted molar refractivity (Wildman–Crippen MR) is 89.8 cm³/mol. The number of halogens is 2. The average Bonchev–Trinajstić information content (AvgIpc) is 2.96. The molecule has 3 aromatic rings. The highest BCUT2D eigenvalue weighted by Gasteiger charge is 2.16. The van der Waals surface area contributed by atoms with Gasteiger partial charge in [-0.3, -0.25) is 10.1 Å². The molecular formula is C15H9Cl2N3OS. The minimum Gasteiger partial charge on any atom is -0.296 e. The molecule has 0 fully saturated rings. The van der Waals surface area contributed by atoms with Crippen LogP contribution in [0.5, 0.6) is 0 Å². The summed E-state index contributed by atoms with van der Waals surface area (Å²) in [5, 5.41) is 12.4. The molecule has 0 radical (unpaired) electrons. The number of rotatable bonds is 3. The second-order valence-electron chi connectivity index (χ2n) is 4.33. The molecule has 0 bridgehead atoms. The Morgan fingerprint density at radius 1 is 0.955 bits per heavy atom. The maximum Gasteiger partial charge on any atom is 0.260 e. The summed E-state index contributed by atoms with van der Waals surface area (Å²) in [6.45, 7) is 0. The number of nitrogens with one attached hydrogen (secondary N) is 1. The van der Waals surface area contributed by atoms with Crippen molar-refractivity contribution in [2.75, 3.05) is 5.32 Å². The van der Waals surface area contributed by atoms with Crippen molar-refractivity contribution in [3.8, 4) is 10.6 Å². The van der Waals surface area contributed by atoms with E-state index in [4.69, 9.17) is 23.2 Å². The molecule has 0 aliphatic heterocycles. The second-order valence-corrected chi connectivity index (χ2v) is 6.12. The molecule has 7 heteroatoms. The lowest BCUT2D eigenvalue weighted by Crippen LogP contribution is -2.12. The third kappa shape index (κ3) is 3.11. The van der Waals surface area contributed by atoms with Crippen LogP contribution in [0.1, 0.15) is 10.4 Å². The molecule has 0 spiro atoms. The van der Waals surface area contributed by atoms with Crippen molar-refractivity contribution in [2.24, 2.45) is 0 Å². The molecule has 0 saturated heterocycles. The van der Waals surface area contributed by atoms with Crippen LogP contribution in [0.2, 0.25) is 10.0 Å². The van der Waals surface area contributed by atoms with Crippen LogP contribution in [0.4, 0.5) is 5.13 Å². The molecule has 3 rings (SSSR count). The van der Waals surface area contributed by atoms with E-state index in [1.54, 1.807) is 18.2 Å². The van der Waals surface area contributed by atoms with E-state index in [9.17, 15) is 4.79 Å². The van der Waals surface area contributed by atoms with Gasteiger partial charge >= 0.3 is 0 Å². The van der Waals surface area contributed by atoms with Crippen LogP contribution in [0.3, 0.4) is 0 Å². The van der Waals surface area contributed by atoms with Gasteiger partial charge in [-0.1, -0.05) is 70.9 Å². The van der Waals surface area contributed by atoms with Gasteiger partial charge < -0.3 is 0 Å². The third-order valence-electron chi connectivity index (χ3n) is 2.86. The predicted octanol–water partition coefficient (Wildman–Crippen LogP) is 4.76. The summed E-state index contributed by atoms with van der Waals surface area (Å²) in [6.07, 6.45) is 0. The first kappa shape index (κ1) is 15.0. The fraction of sp³-hybridized carbons (Fsp3) is 0. The van der Waals surface area contributed by atoms with Crippen molar-refractivity contribution in [1.82, 2.24) is 10.2 Å². The first-order chi connectivity index (χ1) is 10.6. The normalized spacial score (nSPS) is 10.5. The van der Waals surface area contributed by atoms with Gasteiger partial charge in [0.25, 0.3) is 5.91 Å². The number of hydrogen-bond acceptors (Lipinski definition) is 4. The molecule has 0 atom stereocenters. The van der Waals surface area contributed by atoms with Crippen LogP contribution in [-0.2, 0) is 0 Å². The number of amides is 1. The quantitative estimate of drug-likeness (QED) is 0.741. The molecule has 0 aliphatic carbocycles. The summed E-state index contributed by atoms with van der Waals surface area (Å²) in [5.41, 5.74) is 1.17. The lowest BCUT2D eigenvalue weighted by Gasteiger charge is -2.05. The minimum absolute atomic E-state index is 0.224. The first-order valence-corrected chi connectivity index (χ1v) is 7.86. The Balaban J connectivity index is 1.82. The van der Waals surface area contributed by atoms with E-state index in [0.717, 1.165) is 10.6 Å². The molecule has 1 amide bonds. The summed E-state index contributed by atoms with van der Waals surface area (Å²) in [7, 11) is 0. The van der Waals surface area contributed by atoms with Gasteiger partial charge in [-0.2, -0.15) is 0 Å². The van der Waals surface area contributed by atoms with Crippen molar-refractivity contribution in [3.63, 3.8) is 0 Å². The largest absolute Gasteiger partial charge is 0.296 e. The van der Waals surface area contributed by atoms with Crippen molar-refractivity contribution in [2.45, 2.75) is 0 Å². The van der Waals surface area contributed by atoms with E-state index in [0.29, 0.717) is 5.13 Å². The number of carbonyl (C=O) groups is 1. The van der Waals surface area contributed by atoms with Gasteiger partial charge in [0.2, 0.25) is 5.13 Å². The zero-order valence-corrected chi connectivity index (χ0v) is 13.4. The molecule has 22 heavy (non-hydrogen) atoms. The molecule has 0 aliphatic rings. The lowest BCUT2D eigenvalue weighted by molar-refractivity contribution is 0.102. The smallest absolute Gasteiger partial charge is 0.260 e. The Kier molecular flexibility index (Phi) is 4.38. The number of anilines is 1. The maximum atomic E-state index is 12.3. The van der Waals surface area contributed by atoms with Gasteiger partial charge in [-0.25, -0.2) is 0 Å². The van der Waals surface area contributed by atoms with Gasteiger partial charge in [-0.05, 0) is 12.1 Å². The van der Waals surface area contributed by atoms with E-state index in [-0.39, 0.29) is 15.6 Å². The minimum atomic E-state index is -0.411. The highest BCUT2D eigenvalue weighted by molar-refractivity contribution is 7.18. The molecule has 1 heterocycles. The summed E-state index contributed by atoms with van der Waals surface area (Å²) in [5.74, 6) is -0.411.